The zero-order chi connectivity index (χ0) is 17.6. The van der Waals surface area contributed by atoms with Gasteiger partial charge in [0.15, 0.2) is 5.82 Å². The summed E-state index contributed by atoms with van der Waals surface area (Å²) < 4.78 is 5.31. The van der Waals surface area contributed by atoms with Gasteiger partial charge in [0.1, 0.15) is 0 Å². The Kier molecular flexibility index (Phi) is 5.84. The minimum Gasteiger partial charge on any atom is -0.352 e. The zero-order valence-corrected chi connectivity index (χ0v) is 15.1. The molecular formula is C20H27N3O2. The van der Waals surface area contributed by atoms with Crippen molar-refractivity contribution in [3.8, 4) is 11.5 Å². The molecule has 1 aliphatic carbocycles. The average Bonchev–Trinajstić information content (AvgIpc) is 3.27. The number of carbonyl (C=O) groups excluding carboxylic acids is 1. The third kappa shape index (κ3) is 4.47. The summed E-state index contributed by atoms with van der Waals surface area (Å²) in [6.45, 7) is 5.18. The predicted octanol–water partition coefficient (Wildman–Crippen LogP) is 4.25. The summed E-state index contributed by atoms with van der Waals surface area (Å²) in [4.78, 5) is 16.7. The molecule has 2 aromatic rings. The molecule has 25 heavy (non-hydrogen) atoms. The predicted molar refractivity (Wildman–Crippen MR) is 97.2 cm³/mol. The fourth-order valence-electron chi connectivity index (χ4n) is 3.42. The van der Waals surface area contributed by atoms with E-state index in [1.54, 1.807) is 0 Å². The first-order valence-electron chi connectivity index (χ1n) is 9.38. The Morgan fingerprint density at radius 1 is 1.28 bits per heavy atom. The van der Waals surface area contributed by atoms with E-state index in [-0.39, 0.29) is 5.91 Å². The lowest BCUT2D eigenvalue weighted by Gasteiger charge is -2.15. The third-order valence-electron chi connectivity index (χ3n) is 5.18. The number of unbranched alkanes of at least 4 members (excludes halogenated alkanes) is 1. The molecule has 1 aromatic heterocycles. The smallest absolute Gasteiger partial charge is 0.257 e. The fourth-order valence-corrected chi connectivity index (χ4v) is 3.42. The van der Waals surface area contributed by atoms with Gasteiger partial charge in [0.2, 0.25) is 0 Å². The molecule has 0 bridgehead atoms. The third-order valence-corrected chi connectivity index (χ3v) is 5.18. The molecule has 2 unspecified atom stereocenters. The van der Waals surface area contributed by atoms with Crippen LogP contribution in [0.3, 0.4) is 0 Å². The van der Waals surface area contributed by atoms with Crippen molar-refractivity contribution in [2.75, 3.05) is 6.54 Å². The Balaban J connectivity index is 1.57. The monoisotopic (exact) mass is 341 g/mol. The number of benzene rings is 1. The number of aryl methyl sites for hydroxylation is 1. The second kappa shape index (κ2) is 8.28. The Morgan fingerprint density at radius 3 is 2.76 bits per heavy atom. The molecule has 1 fully saturated rings. The van der Waals surface area contributed by atoms with Crippen molar-refractivity contribution in [3.63, 3.8) is 0 Å². The molecule has 1 aromatic carbocycles. The van der Waals surface area contributed by atoms with Gasteiger partial charge < -0.3 is 9.84 Å². The van der Waals surface area contributed by atoms with Crippen LogP contribution in [-0.2, 0) is 6.42 Å². The van der Waals surface area contributed by atoms with Crippen molar-refractivity contribution in [2.24, 2.45) is 11.8 Å². The van der Waals surface area contributed by atoms with Crippen LogP contribution in [0.1, 0.15) is 62.1 Å². The average molecular weight is 341 g/mol. The van der Waals surface area contributed by atoms with Gasteiger partial charge in [-0.25, -0.2) is 0 Å². The second-order valence-corrected chi connectivity index (χ2v) is 7.07. The number of amides is 1. The van der Waals surface area contributed by atoms with Crippen LogP contribution in [0.2, 0.25) is 0 Å². The molecule has 1 N–H and O–H groups in total. The number of hydrogen-bond acceptors (Lipinski definition) is 4. The van der Waals surface area contributed by atoms with E-state index in [1.165, 1.54) is 19.3 Å². The van der Waals surface area contributed by atoms with Gasteiger partial charge in [-0.15, -0.1) is 0 Å². The number of aromatic nitrogens is 2. The Hall–Kier alpha value is -2.17. The summed E-state index contributed by atoms with van der Waals surface area (Å²) in [5.41, 5.74) is 1.51. The molecule has 134 valence electrons. The van der Waals surface area contributed by atoms with Gasteiger partial charge in [-0.05, 0) is 48.9 Å². The Labute approximate surface area is 149 Å². The quantitative estimate of drug-likeness (QED) is 0.817. The van der Waals surface area contributed by atoms with E-state index in [4.69, 9.17) is 4.52 Å². The van der Waals surface area contributed by atoms with Crippen LogP contribution in [0.5, 0.6) is 0 Å². The van der Waals surface area contributed by atoms with Crippen molar-refractivity contribution in [3.05, 3.63) is 35.7 Å². The van der Waals surface area contributed by atoms with Crippen LogP contribution in [0.15, 0.2) is 28.8 Å². The molecule has 3 rings (SSSR count). The molecule has 5 heteroatoms. The standard InChI is InChI=1S/C20H27N3O2/c1-3-4-8-18-22-20(25-23-18)16-11-9-15(10-12-16)19(24)21-13-17-7-5-6-14(17)2/h9-12,14,17H,3-8,13H2,1-2H3,(H,21,24). The van der Waals surface area contributed by atoms with Gasteiger partial charge >= 0.3 is 0 Å². The van der Waals surface area contributed by atoms with Crippen LogP contribution in [0, 0.1) is 11.8 Å². The lowest BCUT2D eigenvalue weighted by atomic mass is 9.98. The summed E-state index contributed by atoms with van der Waals surface area (Å²) >= 11 is 0. The first-order valence-corrected chi connectivity index (χ1v) is 9.38. The number of nitrogens with one attached hydrogen (secondary N) is 1. The maximum Gasteiger partial charge on any atom is 0.257 e. The van der Waals surface area contributed by atoms with Gasteiger partial charge in [-0.2, -0.15) is 4.98 Å². The Bertz CT molecular complexity index is 693. The van der Waals surface area contributed by atoms with Gasteiger partial charge in [0.05, 0.1) is 0 Å². The van der Waals surface area contributed by atoms with E-state index in [2.05, 4.69) is 29.3 Å². The van der Waals surface area contributed by atoms with E-state index >= 15 is 0 Å². The van der Waals surface area contributed by atoms with Crippen molar-refractivity contribution in [1.82, 2.24) is 15.5 Å². The van der Waals surface area contributed by atoms with Crippen molar-refractivity contribution < 1.29 is 9.32 Å². The number of carbonyl (C=O) groups is 1. The summed E-state index contributed by atoms with van der Waals surface area (Å²) in [7, 11) is 0. The normalized spacial score (nSPS) is 19.9. The lowest BCUT2D eigenvalue weighted by molar-refractivity contribution is 0.0944. The molecule has 0 spiro atoms. The van der Waals surface area contributed by atoms with Crippen molar-refractivity contribution in [1.29, 1.82) is 0 Å². The molecule has 0 radical (unpaired) electrons. The van der Waals surface area contributed by atoms with Crippen LogP contribution >= 0.6 is 0 Å². The van der Waals surface area contributed by atoms with Crippen molar-refractivity contribution >= 4 is 5.91 Å². The lowest BCUT2D eigenvalue weighted by Crippen LogP contribution is -2.30. The van der Waals surface area contributed by atoms with E-state index in [9.17, 15) is 4.79 Å². The molecule has 2 atom stereocenters. The zero-order valence-electron chi connectivity index (χ0n) is 15.1. The number of rotatable bonds is 7. The SMILES string of the molecule is CCCCc1noc(-c2ccc(C(=O)NCC3CCCC3C)cc2)n1. The summed E-state index contributed by atoms with van der Waals surface area (Å²) in [6, 6.07) is 7.37. The highest BCUT2D eigenvalue weighted by molar-refractivity contribution is 5.94. The van der Waals surface area contributed by atoms with Crippen molar-refractivity contribution in [2.45, 2.75) is 52.4 Å². The minimum absolute atomic E-state index is 0.0141. The largest absolute Gasteiger partial charge is 0.352 e. The van der Waals surface area contributed by atoms with Gasteiger partial charge in [-0.1, -0.05) is 38.3 Å². The van der Waals surface area contributed by atoms with Gasteiger partial charge in [-0.3, -0.25) is 4.79 Å². The summed E-state index contributed by atoms with van der Waals surface area (Å²) in [5.74, 6) is 2.56. The minimum atomic E-state index is -0.0141. The van der Waals surface area contributed by atoms with Gasteiger partial charge in [0, 0.05) is 24.1 Å². The van der Waals surface area contributed by atoms with E-state index < -0.39 is 0 Å². The van der Waals surface area contributed by atoms with Crippen LogP contribution < -0.4 is 5.32 Å². The van der Waals surface area contributed by atoms with Crippen LogP contribution in [0.4, 0.5) is 0 Å². The van der Waals surface area contributed by atoms with E-state index in [0.29, 0.717) is 23.3 Å². The highest BCUT2D eigenvalue weighted by Gasteiger charge is 2.23. The van der Waals surface area contributed by atoms with Crippen LogP contribution in [0.25, 0.3) is 11.5 Å². The highest BCUT2D eigenvalue weighted by atomic mass is 16.5. The molecule has 1 saturated carbocycles. The van der Waals surface area contributed by atoms with Gasteiger partial charge in [0.25, 0.3) is 11.8 Å². The molecular weight excluding hydrogens is 314 g/mol. The van der Waals surface area contributed by atoms with E-state index in [1.807, 2.05) is 24.3 Å². The molecule has 0 aliphatic heterocycles. The maximum atomic E-state index is 12.3. The maximum absolute atomic E-state index is 12.3. The molecule has 1 heterocycles. The van der Waals surface area contributed by atoms with E-state index in [0.717, 1.165) is 37.2 Å². The fraction of sp³-hybridized carbons (Fsp3) is 0.550. The summed E-state index contributed by atoms with van der Waals surface area (Å²) in [6.07, 6.45) is 6.77. The molecule has 5 nitrogen and oxygen atoms in total. The van der Waals surface area contributed by atoms with Crippen LogP contribution in [-0.4, -0.2) is 22.6 Å². The topological polar surface area (TPSA) is 68.0 Å². The summed E-state index contributed by atoms with van der Waals surface area (Å²) in [5, 5.41) is 7.07. The highest BCUT2D eigenvalue weighted by Crippen LogP contribution is 2.30. The molecule has 0 saturated heterocycles. The number of hydrogen-bond donors (Lipinski definition) is 1. The first kappa shape index (κ1) is 17.6. The molecule has 1 amide bonds. The first-order chi connectivity index (χ1) is 12.2. The second-order valence-electron chi connectivity index (χ2n) is 7.07. The molecule has 1 aliphatic rings. The Morgan fingerprint density at radius 2 is 2.08 bits per heavy atom. The number of nitrogens with zero attached hydrogens (tertiary/aromatic N) is 2.